The van der Waals surface area contributed by atoms with Crippen LogP contribution in [0, 0.1) is 11.8 Å². The van der Waals surface area contributed by atoms with E-state index in [-0.39, 0.29) is 50.4 Å². The lowest BCUT2D eigenvalue weighted by atomic mass is 10.0. The van der Waals surface area contributed by atoms with Gasteiger partial charge < -0.3 is 58.7 Å². The second-order valence-corrected chi connectivity index (χ2v) is 19.4. The maximum Gasteiger partial charge on any atom is 0.243 e. The third-order valence-corrected chi connectivity index (χ3v) is 12.3. The number of aromatic nitrogens is 3. The second-order valence-electron chi connectivity index (χ2n) is 19.4. The number of imidazole rings is 1. The zero-order valence-corrected chi connectivity index (χ0v) is 43.1. The van der Waals surface area contributed by atoms with E-state index in [0.29, 0.717) is 17.7 Å². The van der Waals surface area contributed by atoms with Gasteiger partial charge in [0.2, 0.25) is 53.2 Å². The smallest absolute Gasteiger partial charge is 0.243 e. The fraction of sp³-hybridized carbons (Fsp3) is 0.608. The number of rotatable bonds is 34. The van der Waals surface area contributed by atoms with E-state index in [0.717, 1.165) is 36.6 Å². The summed E-state index contributed by atoms with van der Waals surface area (Å²) in [6.45, 7) is 12.0. The lowest BCUT2D eigenvalue weighted by molar-refractivity contribution is -0.136. The molecular formula is C51H80N12O9. The molecule has 21 heteroatoms. The molecule has 0 radical (unpaired) electrons. The van der Waals surface area contributed by atoms with Crippen molar-refractivity contribution in [3.63, 3.8) is 0 Å². The summed E-state index contributed by atoms with van der Waals surface area (Å²) in [5, 5.41) is 19.4. The van der Waals surface area contributed by atoms with Gasteiger partial charge in [-0.15, -0.1) is 0 Å². The number of aromatic amines is 2. The average molecular weight is 1010 g/mol. The maximum absolute atomic E-state index is 14.2. The van der Waals surface area contributed by atoms with Crippen molar-refractivity contribution in [2.75, 3.05) is 0 Å². The third kappa shape index (κ3) is 20.9. The minimum Gasteiger partial charge on any atom is -0.370 e. The molecule has 398 valence electrons. The number of carbonyl (C=O) groups excluding carboxylic acids is 9. The first-order chi connectivity index (χ1) is 34.2. The number of nitrogens with zero attached hydrogens (tertiary/aromatic N) is 1. The van der Waals surface area contributed by atoms with Crippen molar-refractivity contribution in [3.8, 4) is 0 Å². The van der Waals surface area contributed by atoms with Crippen molar-refractivity contribution < 1.29 is 43.2 Å². The largest absolute Gasteiger partial charge is 0.370 e. The molecule has 0 aliphatic heterocycles. The van der Waals surface area contributed by atoms with Crippen molar-refractivity contribution in [2.45, 2.75) is 187 Å². The van der Waals surface area contributed by atoms with Crippen LogP contribution in [-0.2, 0) is 56.0 Å². The van der Waals surface area contributed by atoms with Gasteiger partial charge >= 0.3 is 0 Å². The quantitative estimate of drug-likeness (QED) is 0.0388. The monoisotopic (exact) mass is 1000 g/mol. The first kappa shape index (κ1) is 59.5. The fourth-order valence-corrected chi connectivity index (χ4v) is 8.09. The van der Waals surface area contributed by atoms with Gasteiger partial charge in [-0.05, 0) is 56.6 Å². The maximum atomic E-state index is 14.2. The molecule has 0 saturated heterocycles. The molecule has 0 spiro atoms. The Morgan fingerprint density at radius 2 is 1.14 bits per heavy atom. The highest BCUT2D eigenvalue weighted by atomic mass is 16.2. The van der Waals surface area contributed by atoms with E-state index >= 15 is 0 Å². The summed E-state index contributed by atoms with van der Waals surface area (Å²) < 4.78 is 0. The predicted molar refractivity (Wildman–Crippen MR) is 273 cm³/mol. The van der Waals surface area contributed by atoms with Gasteiger partial charge in [0, 0.05) is 49.0 Å². The van der Waals surface area contributed by atoms with E-state index in [4.69, 9.17) is 11.5 Å². The lowest BCUT2D eigenvalue weighted by Crippen LogP contribution is -2.60. The first-order valence-electron chi connectivity index (χ1n) is 25.4. The van der Waals surface area contributed by atoms with Crippen LogP contribution < -0.4 is 48.7 Å². The van der Waals surface area contributed by atoms with Gasteiger partial charge in [-0.25, -0.2) is 4.98 Å². The van der Waals surface area contributed by atoms with Crippen molar-refractivity contribution >= 4 is 64.1 Å². The molecule has 3 rings (SSSR count). The van der Waals surface area contributed by atoms with Gasteiger partial charge in [0.1, 0.15) is 42.3 Å². The first-order valence-corrected chi connectivity index (χ1v) is 25.4. The number of amides is 9. The minimum absolute atomic E-state index is 0.0202. The Morgan fingerprint density at radius 1 is 0.583 bits per heavy atom. The topological polar surface area (TPSA) is 334 Å². The highest BCUT2D eigenvalue weighted by molar-refractivity contribution is 5.98. The van der Waals surface area contributed by atoms with E-state index in [1.54, 1.807) is 26.2 Å². The molecule has 0 aliphatic rings. The van der Waals surface area contributed by atoms with Gasteiger partial charge in [0.25, 0.3) is 0 Å². The van der Waals surface area contributed by atoms with Gasteiger partial charge in [0.15, 0.2) is 0 Å². The van der Waals surface area contributed by atoms with Crippen molar-refractivity contribution in [1.82, 2.24) is 52.2 Å². The Morgan fingerprint density at radius 3 is 1.74 bits per heavy atom. The second kappa shape index (κ2) is 30.8. The summed E-state index contributed by atoms with van der Waals surface area (Å²) >= 11 is 0. The zero-order valence-electron chi connectivity index (χ0n) is 43.1. The van der Waals surface area contributed by atoms with Crippen LogP contribution in [0.3, 0.4) is 0 Å². The number of carbonyl (C=O) groups is 9. The molecular weight excluding hydrogens is 925 g/mol. The highest BCUT2D eigenvalue weighted by Gasteiger charge is 2.34. The van der Waals surface area contributed by atoms with E-state index in [9.17, 15) is 43.2 Å². The summed E-state index contributed by atoms with van der Waals surface area (Å²) in [4.78, 5) is 130. The number of nitrogens with two attached hydrogens (primary N) is 2. The summed E-state index contributed by atoms with van der Waals surface area (Å²) in [6, 6.07) is -0.978. The molecule has 1 aromatic carbocycles. The number of fused-ring (bicyclic) bond motifs is 1. The Kier molecular flexibility index (Phi) is 25.5. The van der Waals surface area contributed by atoms with Crippen LogP contribution in [0.5, 0.6) is 0 Å². The lowest BCUT2D eigenvalue weighted by Gasteiger charge is -2.27. The van der Waals surface area contributed by atoms with E-state index in [2.05, 4.69) is 59.1 Å². The van der Waals surface area contributed by atoms with E-state index in [1.165, 1.54) is 45.9 Å². The van der Waals surface area contributed by atoms with Gasteiger partial charge in [-0.1, -0.05) is 104 Å². The number of H-pyrrole nitrogens is 2. The molecule has 0 saturated carbocycles. The van der Waals surface area contributed by atoms with Crippen LogP contribution in [0.2, 0.25) is 0 Å². The van der Waals surface area contributed by atoms with E-state index in [1.807, 2.05) is 38.1 Å². The molecule has 0 unspecified atom stereocenters. The summed E-state index contributed by atoms with van der Waals surface area (Å²) in [5.74, 6) is -6.67. The summed E-state index contributed by atoms with van der Waals surface area (Å²) in [7, 11) is 0. The number of benzene rings is 1. The van der Waals surface area contributed by atoms with Gasteiger partial charge in [0.05, 0.1) is 12.0 Å². The molecule has 9 amide bonds. The average Bonchev–Trinajstić information content (AvgIpc) is 4.00. The number of primary amides is 2. The molecule has 21 nitrogen and oxygen atoms in total. The number of para-hydroxylation sites is 1. The normalized spacial score (nSPS) is 14.2. The standard InChI is InChI=1S/C51H80N12O9/c1-8-9-10-11-12-13-14-15-16-21-43(65)59-38(22-23-42(52)64)48(69)62-40(25-34-27-55-37-20-18-17-19-36(34)37)49(70)57-33(7)47(68)63-44(31(4)5)51(72)58-32(6)46(67)61-41(26-35-28-54-29-56-35)50(71)60-39(45(53)66)24-30(2)3/h17-20,27-33,38-41,44,55H,8-16,21-26H2,1-7H3,(H2,52,64)(H2,53,66)(H,54,56)(H,57,70)(H,58,72)(H,59,65)(H,60,71)(H,61,67)(H,62,69)(H,63,68)/t32-,33-,38-,39-,40-,41-,44-/m0/s1. The van der Waals surface area contributed by atoms with E-state index < -0.39 is 95.5 Å². The molecule has 7 atom stereocenters. The minimum atomic E-state index is -1.28. The molecule has 2 aromatic heterocycles. The zero-order chi connectivity index (χ0) is 53.3. The van der Waals surface area contributed by atoms with Crippen molar-refractivity contribution in [2.24, 2.45) is 23.3 Å². The number of hydrogen-bond donors (Lipinski definition) is 11. The number of nitrogens with one attached hydrogen (secondary N) is 9. The molecule has 72 heavy (non-hydrogen) atoms. The highest BCUT2D eigenvalue weighted by Crippen LogP contribution is 2.20. The summed E-state index contributed by atoms with van der Waals surface area (Å²) in [6.07, 6.45) is 14.2. The van der Waals surface area contributed by atoms with Crippen molar-refractivity contribution in [3.05, 3.63) is 54.2 Å². The van der Waals surface area contributed by atoms with Crippen molar-refractivity contribution in [1.29, 1.82) is 0 Å². The fourth-order valence-electron chi connectivity index (χ4n) is 8.09. The molecule has 0 fully saturated rings. The number of unbranched alkanes of at least 4 members (excludes halogenated alkanes) is 8. The van der Waals surface area contributed by atoms with Crippen LogP contribution in [0.4, 0.5) is 0 Å². The number of hydrogen-bond acceptors (Lipinski definition) is 10. The Hall–Kier alpha value is -6.80. The van der Waals surface area contributed by atoms with Crippen LogP contribution in [-0.4, -0.2) is 110 Å². The third-order valence-electron chi connectivity index (χ3n) is 12.3. The molecule has 0 bridgehead atoms. The Balaban J connectivity index is 1.72. The van der Waals surface area contributed by atoms with Gasteiger partial charge in [-0.2, -0.15) is 0 Å². The van der Waals surface area contributed by atoms with Gasteiger partial charge in [-0.3, -0.25) is 43.2 Å². The molecule has 0 aliphatic carbocycles. The SMILES string of the molecule is CCCCCCCCCCCC(=O)N[C@@H](CCC(N)=O)C(=O)N[C@@H](Cc1c[nH]c2ccccc12)C(=O)N[C@@H](C)C(=O)N[C@H](C(=O)N[C@@H](C)C(=O)N[C@@H](Cc1c[nH]cn1)C(=O)N[C@@H](CC(C)C)C(N)=O)C(C)C. The molecule has 13 N–H and O–H groups in total. The van der Waals surface area contributed by atoms with Crippen LogP contribution in [0.25, 0.3) is 10.9 Å². The molecule has 2 heterocycles. The Bertz CT molecular complexity index is 2240. The van der Waals surface area contributed by atoms with Crippen LogP contribution >= 0.6 is 0 Å². The van der Waals surface area contributed by atoms with Crippen LogP contribution in [0.1, 0.15) is 143 Å². The Labute approximate surface area is 422 Å². The summed E-state index contributed by atoms with van der Waals surface area (Å²) in [5.41, 5.74) is 12.9. The predicted octanol–water partition coefficient (Wildman–Crippen LogP) is 2.48. The van der Waals surface area contributed by atoms with Crippen LogP contribution in [0.15, 0.2) is 43.0 Å². The molecule has 3 aromatic rings.